The molecule has 2 fully saturated rings. The van der Waals surface area contributed by atoms with E-state index >= 15 is 0 Å². The van der Waals surface area contributed by atoms with Crippen LogP contribution in [0.3, 0.4) is 0 Å². The van der Waals surface area contributed by atoms with E-state index in [1.54, 1.807) is 5.56 Å². The Labute approximate surface area is 110 Å². The normalized spacial score (nSPS) is 22.9. The molecule has 2 N–H and O–H groups in total. The molecular formula is C16H24N2. The molecule has 2 nitrogen and oxygen atoms in total. The highest BCUT2D eigenvalue weighted by Gasteiger charge is 2.43. The van der Waals surface area contributed by atoms with Gasteiger partial charge in [-0.05, 0) is 62.9 Å². The minimum Gasteiger partial charge on any atom is -0.319 e. The number of hydrogen-bond donors (Lipinski definition) is 2. The van der Waals surface area contributed by atoms with Crippen LogP contribution in [-0.2, 0) is 5.41 Å². The summed E-state index contributed by atoms with van der Waals surface area (Å²) in [6, 6.07) is 9.51. The highest BCUT2D eigenvalue weighted by molar-refractivity contribution is 5.35. The van der Waals surface area contributed by atoms with Crippen molar-refractivity contribution in [2.24, 2.45) is 0 Å². The van der Waals surface area contributed by atoms with Gasteiger partial charge < -0.3 is 10.6 Å². The molecule has 1 aliphatic carbocycles. The summed E-state index contributed by atoms with van der Waals surface area (Å²) in [5, 5.41) is 6.78. The molecule has 0 aromatic heterocycles. The molecule has 1 aromatic rings. The molecular weight excluding hydrogens is 220 g/mol. The van der Waals surface area contributed by atoms with E-state index in [0.29, 0.717) is 5.41 Å². The number of rotatable bonds is 4. The zero-order chi connectivity index (χ0) is 12.4. The molecule has 1 aliphatic heterocycles. The van der Waals surface area contributed by atoms with Crippen LogP contribution < -0.4 is 10.6 Å². The Morgan fingerprint density at radius 3 is 2.39 bits per heavy atom. The largest absolute Gasteiger partial charge is 0.319 e. The lowest BCUT2D eigenvalue weighted by molar-refractivity contribution is 0.460. The van der Waals surface area contributed by atoms with Gasteiger partial charge in [-0.3, -0.25) is 0 Å². The lowest BCUT2D eigenvalue weighted by Gasteiger charge is -2.24. The molecule has 1 aromatic carbocycles. The molecule has 0 spiro atoms. The fraction of sp³-hybridized carbons (Fsp3) is 0.625. The molecule has 2 heteroatoms. The summed E-state index contributed by atoms with van der Waals surface area (Å²) in [5.74, 6) is 0.778. The van der Waals surface area contributed by atoms with Crippen molar-refractivity contribution in [2.75, 3.05) is 26.7 Å². The first-order chi connectivity index (χ1) is 8.84. The minimum absolute atomic E-state index is 0.460. The topological polar surface area (TPSA) is 24.1 Å². The number of piperidine rings is 1. The van der Waals surface area contributed by atoms with E-state index in [0.717, 1.165) is 12.5 Å². The molecule has 1 saturated heterocycles. The van der Waals surface area contributed by atoms with Gasteiger partial charge in [0.25, 0.3) is 0 Å². The molecule has 0 bridgehead atoms. The first-order valence-corrected chi connectivity index (χ1v) is 7.30. The molecule has 0 radical (unpaired) electrons. The quantitative estimate of drug-likeness (QED) is 0.850. The van der Waals surface area contributed by atoms with Gasteiger partial charge in [0.05, 0.1) is 0 Å². The first kappa shape index (κ1) is 12.2. The third-order valence-corrected chi connectivity index (χ3v) is 4.70. The first-order valence-electron chi connectivity index (χ1n) is 7.30. The van der Waals surface area contributed by atoms with E-state index < -0.39 is 0 Å². The van der Waals surface area contributed by atoms with Crippen molar-refractivity contribution in [3.63, 3.8) is 0 Å². The van der Waals surface area contributed by atoms with Crippen LogP contribution in [0, 0.1) is 0 Å². The van der Waals surface area contributed by atoms with Crippen LogP contribution >= 0.6 is 0 Å². The van der Waals surface area contributed by atoms with Crippen LogP contribution in [0.2, 0.25) is 0 Å². The van der Waals surface area contributed by atoms with Crippen LogP contribution in [0.5, 0.6) is 0 Å². The number of hydrogen-bond acceptors (Lipinski definition) is 2. The van der Waals surface area contributed by atoms with Crippen LogP contribution in [0.15, 0.2) is 24.3 Å². The van der Waals surface area contributed by atoms with Crippen molar-refractivity contribution >= 4 is 0 Å². The van der Waals surface area contributed by atoms with Gasteiger partial charge in [0.1, 0.15) is 0 Å². The molecule has 0 atom stereocenters. The van der Waals surface area contributed by atoms with Crippen molar-refractivity contribution in [1.29, 1.82) is 0 Å². The summed E-state index contributed by atoms with van der Waals surface area (Å²) in [5.41, 5.74) is 3.54. The predicted octanol–water partition coefficient (Wildman–Crippen LogP) is 2.40. The van der Waals surface area contributed by atoms with Gasteiger partial charge in [0, 0.05) is 12.0 Å². The zero-order valence-corrected chi connectivity index (χ0v) is 11.3. The van der Waals surface area contributed by atoms with E-state index in [9.17, 15) is 0 Å². The number of likely N-dealkylation sites (N-methyl/N-ethyl adjacent to an activating group) is 1. The van der Waals surface area contributed by atoms with Gasteiger partial charge in [0.2, 0.25) is 0 Å². The van der Waals surface area contributed by atoms with Crippen molar-refractivity contribution in [1.82, 2.24) is 10.6 Å². The SMILES string of the molecule is CNCC1(c2ccc(C3CCNCC3)cc2)CC1. The standard InChI is InChI=1S/C16H24N2/c1-17-12-16(8-9-16)15-4-2-13(3-5-15)14-6-10-18-11-7-14/h2-5,14,17-18H,6-12H2,1H3. The molecule has 2 aliphatic rings. The second-order valence-corrected chi connectivity index (χ2v) is 5.96. The number of nitrogens with one attached hydrogen (secondary N) is 2. The third kappa shape index (κ3) is 2.32. The van der Waals surface area contributed by atoms with E-state index in [1.165, 1.54) is 44.3 Å². The lowest BCUT2D eigenvalue weighted by Crippen LogP contribution is -2.26. The Balaban J connectivity index is 1.72. The van der Waals surface area contributed by atoms with Gasteiger partial charge in [-0.15, -0.1) is 0 Å². The van der Waals surface area contributed by atoms with E-state index in [4.69, 9.17) is 0 Å². The van der Waals surface area contributed by atoms with Crippen molar-refractivity contribution in [2.45, 2.75) is 37.0 Å². The summed E-state index contributed by atoms with van der Waals surface area (Å²) in [6.45, 7) is 3.48. The molecule has 3 rings (SSSR count). The van der Waals surface area contributed by atoms with Crippen LogP contribution in [0.25, 0.3) is 0 Å². The molecule has 0 unspecified atom stereocenters. The van der Waals surface area contributed by atoms with Gasteiger partial charge in [-0.2, -0.15) is 0 Å². The third-order valence-electron chi connectivity index (χ3n) is 4.70. The average molecular weight is 244 g/mol. The Kier molecular flexibility index (Phi) is 3.40. The fourth-order valence-electron chi connectivity index (χ4n) is 3.32. The average Bonchev–Trinajstić information content (AvgIpc) is 3.21. The zero-order valence-electron chi connectivity index (χ0n) is 11.3. The Bertz CT molecular complexity index is 386. The maximum Gasteiger partial charge on any atom is 0.00783 e. The van der Waals surface area contributed by atoms with Gasteiger partial charge in [-0.25, -0.2) is 0 Å². The van der Waals surface area contributed by atoms with Crippen LogP contribution in [0.1, 0.15) is 42.7 Å². The molecule has 1 heterocycles. The lowest BCUT2D eigenvalue weighted by atomic mass is 9.87. The van der Waals surface area contributed by atoms with E-state index in [-0.39, 0.29) is 0 Å². The Hall–Kier alpha value is -0.860. The van der Waals surface area contributed by atoms with Crippen LogP contribution in [-0.4, -0.2) is 26.7 Å². The van der Waals surface area contributed by atoms with Gasteiger partial charge in [-0.1, -0.05) is 24.3 Å². The van der Waals surface area contributed by atoms with Gasteiger partial charge in [0.15, 0.2) is 0 Å². The fourth-order valence-corrected chi connectivity index (χ4v) is 3.32. The Morgan fingerprint density at radius 2 is 1.83 bits per heavy atom. The second-order valence-electron chi connectivity index (χ2n) is 5.96. The minimum atomic E-state index is 0.460. The smallest absolute Gasteiger partial charge is 0.00783 e. The summed E-state index contributed by atoms with van der Waals surface area (Å²) in [6.07, 6.45) is 5.28. The molecule has 0 amide bonds. The molecule has 18 heavy (non-hydrogen) atoms. The second kappa shape index (κ2) is 5.02. The summed E-state index contributed by atoms with van der Waals surface area (Å²) < 4.78 is 0. The monoisotopic (exact) mass is 244 g/mol. The van der Waals surface area contributed by atoms with Crippen molar-refractivity contribution < 1.29 is 0 Å². The van der Waals surface area contributed by atoms with Crippen molar-refractivity contribution in [3.8, 4) is 0 Å². The maximum atomic E-state index is 3.44. The van der Waals surface area contributed by atoms with E-state index in [1.807, 2.05) is 0 Å². The summed E-state index contributed by atoms with van der Waals surface area (Å²) >= 11 is 0. The number of benzene rings is 1. The molecule has 98 valence electrons. The molecule has 1 saturated carbocycles. The van der Waals surface area contributed by atoms with E-state index in [2.05, 4.69) is 41.9 Å². The predicted molar refractivity (Wildman–Crippen MR) is 76.1 cm³/mol. The van der Waals surface area contributed by atoms with Gasteiger partial charge >= 0.3 is 0 Å². The van der Waals surface area contributed by atoms with Crippen molar-refractivity contribution in [3.05, 3.63) is 35.4 Å². The highest BCUT2D eigenvalue weighted by atomic mass is 14.9. The Morgan fingerprint density at radius 1 is 1.17 bits per heavy atom. The van der Waals surface area contributed by atoms with Crippen LogP contribution in [0.4, 0.5) is 0 Å². The highest BCUT2D eigenvalue weighted by Crippen LogP contribution is 2.47. The summed E-state index contributed by atoms with van der Waals surface area (Å²) in [7, 11) is 2.06. The maximum absolute atomic E-state index is 3.44. The summed E-state index contributed by atoms with van der Waals surface area (Å²) in [4.78, 5) is 0.